The fourth-order valence-corrected chi connectivity index (χ4v) is 6.44. The highest BCUT2D eigenvalue weighted by atomic mass is 31.3. The van der Waals surface area contributed by atoms with Crippen molar-refractivity contribution in [1.82, 2.24) is 9.55 Å². The minimum absolute atomic E-state index is 0.0531. The van der Waals surface area contributed by atoms with Crippen LogP contribution in [0.4, 0.5) is 5.82 Å². The van der Waals surface area contributed by atoms with Gasteiger partial charge in [0.25, 0.3) is 0 Å². The Balaban J connectivity index is 1.67. The predicted molar refractivity (Wildman–Crippen MR) is 84.6 cm³/mol. The number of phosphoric acid groups is 2. The fraction of sp³-hybridized carbons (Fsp3) is 0.556. The molecular weight excluding hydrogens is 435 g/mol. The van der Waals surface area contributed by atoms with E-state index in [2.05, 4.69) is 17.9 Å². The van der Waals surface area contributed by atoms with Crippen molar-refractivity contribution in [2.24, 2.45) is 0 Å². The summed E-state index contributed by atoms with van der Waals surface area (Å²) < 4.78 is 46.4. The maximum atomic E-state index is 11.8. The van der Waals surface area contributed by atoms with Crippen molar-refractivity contribution in [3.8, 4) is 0 Å². The Bertz CT molecular complexity index is 840. The number of anilines is 1. The van der Waals surface area contributed by atoms with Crippen LogP contribution < -0.4 is 11.4 Å². The Hall–Kier alpha value is -0.790. The quantitative estimate of drug-likeness (QED) is 0.346. The molecule has 0 amide bonds. The van der Waals surface area contributed by atoms with Gasteiger partial charge in [-0.25, -0.2) is 22.5 Å². The minimum atomic E-state index is -4.88. The topological polar surface area (TPSA) is 222 Å². The van der Waals surface area contributed by atoms with Crippen LogP contribution in [0.2, 0.25) is 0 Å². The maximum Gasteiger partial charge on any atom is 0.488 e. The molecule has 18 heteroatoms. The van der Waals surface area contributed by atoms with Crippen LogP contribution in [0.1, 0.15) is 6.23 Å². The highest BCUT2D eigenvalue weighted by Crippen LogP contribution is 2.76. The third-order valence-electron chi connectivity index (χ3n) is 3.35. The third-order valence-corrected chi connectivity index (χ3v) is 8.08. The monoisotopic (exact) mass is 449 g/mol. The molecular formula is C9H14N3O12P3. The van der Waals surface area contributed by atoms with E-state index in [-0.39, 0.29) is 5.82 Å². The van der Waals surface area contributed by atoms with E-state index in [9.17, 15) is 24.1 Å². The summed E-state index contributed by atoms with van der Waals surface area (Å²) in [6.45, 7) is -0.586. The zero-order chi connectivity index (χ0) is 20.0. The standard InChI is InChI=1S/C9H14N3O12P3/c10-5-1-2-12(9(15)11-5)8-7(14)6(13)4(21-8)3-20-25-22-26(16,17)24-27(18,19)23-25/h1-2,4,6-8,13-14H,3H2,(H,16,17)(H,18,19)(H2,10,11,15). The Morgan fingerprint density at radius 3 is 2.48 bits per heavy atom. The zero-order valence-corrected chi connectivity index (χ0v) is 15.7. The van der Waals surface area contributed by atoms with Crippen LogP contribution in [0.15, 0.2) is 17.1 Å². The average Bonchev–Trinajstić information content (AvgIpc) is 2.78. The fourth-order valence-electron chi connectivity index (χ4n) is 2.24. The lowest BCUT2D eigenvalue weighted by atomic mass is 10.1. The summed E-state index contributed by atoms with van der Waals surface area (Å²) >= 11 is 0. The largest absolute Gasteiger partial charge is 0.488 e. The van der Waals surface area contributed by atoms with Crippen molar-refractivity contribution in [1.29, 1.82) is 0 Å². The molecule has 6 atom stereocenters. The van der Waals surface area contributed by atoms with Gasteiger partial charge in [-0.3, -0.25) is 4.57 Å². The van der Waals surface area contributed by atoms with Crippen molar-refractivity contribution < 1.29 is 51.3 Å². The second-order valence-corrected chi connectivity index (χ2v) is 9.83. The number of rotatable bonds is 4. The Labute approximate surface area is 151 Å². The Kier molecular flexibility index (Phi) is 5.86. The van der Waals surface area contributed by atoms with E-state index >= 15 is 0 Å². The molecule has 1 aromatic rings. The van der Waals surface area contributed by atoms with Crippen molar-refractivity contribution >= 4 is 30.1 Å². The molecule has 0 saturated carbocycles. The van der Waals surface area contributed by atoms with E-state index in [4.69, 9.17) is 24.8 Å². The van der Waals surface area contributed by atoms with E-state index in [0.29, 0.717) is 0 Å². The SMILES string of the molecule is Nc1ccn(C2OC(COP3OP(=O)(O)OP(=O)(O)O3)C(O)C2O)c(=O)n1. The van der Waals surface area contributed by atoms with Gasteiger partial charge in [-0.05, 0) is 6.07 Å². The first-order valence-corrected chi connectivity index (χ1v) is 11.1. The van der Waals surface area contributed by atoms with Gasteiger partial charge in [0, 0.05) is 6.20 Å². The number of aromatic nitrogens is 2. The second kappa shape index (κ2) is 7.56. The van der Waals surface area contributed by atoms with Gasteiger partial charge in [-0.2, -0.15) is 9.29 Å². The first-order valence-electron chi connectivity index (χ1n) is 7.03. The molecule has 0 bridgehead atoms. The minimum Gasteiger partial charge on any atom is -0.387 e. The molecule has 0 aliphatic carbocycles. The lowest BCUT2D eigenvalue weighted by Gasteiger charge is -2.27. The van der Waals surface area contributed by atoms with Gasteiger partial charge in [-0.1, -0.05) is 0 Å². The number of aliphatic hydroxyl groups is 2. The van der Waals surface area contributed by atoms with Gasteiger partial charge >= 0.3 is 29.9 Å². The van der Waals surface area contributed by atoms with E-state index < -0.39 is 61.1 Å². The Morgan fingerprint density at radius 2 is 1.89 bits per heavy atom. The maximum absolute atomic E-state index is 11.8. The van der Waals surface area contributed by atoms with Crippen molar-refractivity contribution in [3.05, 3.63) is 22.7 Å². The first kappa shape index (κ1) is 20.9. The highest BCUT2D eigenvalue weighted by Gasteiger charge is 2.49. The molecule has 6 N–H and O–H groups in total. The van der Waals surface area contributed by atoms with Crippen molar-refractivity contribution in [3.63, 3.8) is 0 Å². The molecule has 3 rings (SSSR count). The molecule has 2 aliphatic heterocycles. The number of aliphatic hydroxyl groups excluding tert-OH is 2. The van der Waals surface area contributed by atoms with Crippen LogP contribution in [0.3, 0.4) is 0 Å². The smallest absolute Gasteiger partial charge is 0.387 e. The van der Waals surface area contributed by atoms with Gasteiger partial charge in [0.2, 0.25) is 0 Å². The van der Waals surface area contributed by atoms with Crippen LogP contribution in [-0.2, 0) is 31.3 Å². The normalized spacial score (nSPS) is 42.3. The Morgan fingerprint density at radius 1 is 1.26 bits per heavy atom. The van der Waals surface area contributed by atoms with Gasteiger partial charge in [0.15, 0.2) is 6.23 Å². The van der Waals surface area contributed by atoms with E-state index in [1.165, 1.54) is 12.3 Å². The number of ether oxygens (including phenoxy) is 1. The number of hydrogen-bond donors (Lipinski definition) is 5. The summed E-state index contributed by atoms with van der Waals surface area (Å²) in [6, 6.07) is 1.28. The summed E-state index contributed by atoms with van der Waals surface area (Å²) in [5, 5.41) is 20.1. The summed E-state index contributed by atoms with van der Waals surface area (Å²) in [4.78, 5) is 33.6. The summed E-state index contributed by atoms with van der Waals surface area (Å²) in [7, 11) is -12.6. The highest BCUT2D eigenvalue weighted by molar-refractivity contribution is 7.72. The predicted octanol–water partition coefficient (Wildman–Crippen LogP) is -1.05. The number of hydrogen-bond acceptors (Lipinski definition) is 12. The number of nitrogens with zero attached hydrogens (tertiary/aromatic N) is 2. The first-order chi connectivity index (χ1) is 12.5. The molecule has 6 unspecified atom stereocenters. The van der Waals surface area contributed by atoms with Crippen LogP contribution in [0.25, 0.3) is 0 Å². The zero-order valence-electron chi connectivity index (χ0n) is 13.0. The molecule has 3 heterocycles. The second-order valence-electron chi connectivity index (χ2n) is 5.29. The van der Waals surface area contributed by atoms with Gasteiger partial charge in [-0.15, -0.1) is 0 Å². The van der Waals surface area contributed by atoms with E-state index in [1.54, 1.807) is 0 Å². The van der Waals surface area contributed by atoms with Crippen LogP contribution >= 0.6 is 24.2 Å². The average molecular weight is 449 g/mol. The molecule has 2 aliphatic rings. The van der Waals surface area contributed by atoms with E-state index in [1.807, 2.05) is 0 Å². The van der Waals surface area contributed by atoms with Crippen molar-refractivity contribution in [2.75, 3.05) is 12.3 Å². The molecule has 15 nitrogen and oxygen atoms in total. The van der Waals surface area contributed by atoms with Gasteiger partial charge in [0.1, 0.15) is 24.1 Å². The molecule has 27 heavy (non-hydrogen) atoms. The number of nitrogens with two attached hydrogens (primary N) is 1. The molecule has 0 spiro atoms. The van der Waals surface area contributed by atoms with Crippen LogP contribution in [-0.4, -0.2) is 54.5 Å². The lowest BCUT2D eigenvalue weighted by molar-refractivity contribution is -0.0526. The molecule has 1 aromatic heterocycles. The molecule has 2 fully saturated rings. The molecule has 0 radical (unpaired) electrons. The summed E-state index contributed by atoms with van der Waals surface area (Å²) in [5.74, 6) is -0.0531. The molecule has 152 valence electrons. The van der Waals surface area contributed by atoms with Gasteiger partial charge < -0.3 is 35.0 Å². The summed E-state index contributed by atoms with van der Waals surface area (Å²) in [6.07, 6.45) is -4.47. The van der Waals surface area contributed by atoms with Crippen LogP contribution in [0, 0.1) is 0 Å². The summed E-state index contributed by atoms with van der Waals surface area (Å²) in [5.41, 5.74) is 4.53. The molecule has 2 saturated heterocycles. The number of nitrogen functional groups attached to an aromatic ring is 1. The van der Waals surface area contributed by atoms with E-state index in [0.717, 1.165) is 4.57 Å². The van der Waals surface area contributed by atoms with Crippen LogP contribution in [0.5, 0.6) is 0 Å². The molecule has 0 aromatic carbocycles. The third kappa shape index (κ3) is 4.80. The van der Waals surface area contributed by atoms with Gasteiger partial charge in [0.05, 0.1) is 6.61 Å². The van der Waals surface area contributed by atoms with Crippen molar-refractivity contribution in [2.45, 2.75) is 24.5 Å². The lowest BCUT2D eigenvalue weighted by Crippen LogP contribution is -2.36.